The minimum Gasteiger partial charge on any atom is -0.366 e. The molecule has 2 N–H and O–H groups in total. The molecule has 0 aliphatic rings. The van der Waals surface area contributed by atoms with Gasteiger partial charge in [0.25, 0.3) is 5.91 Å². The van der Waals surface area contributed by atoms with Crippen LogP contribution >= 0.6 is 23.2 Å². The van der Waals surface area contributed by atoms with E-state index in [9.17, 15) is 9.18 Å². The van der Waals surface area contributed by atoms with Crippen LogP contribution in [0.3, 0.4) is 0 Å². The third-order valence-electron chi connectivity index (χ3n) is 3.56. The average molecular weight is 390 g/mol. The van der Waals surface area contributed by atoms with Crippen molar-refractivity contribution >= 4 is 40.6 Å². The number of nitrogens with one attached hydrogen (secondary N) is 2. The Morgan fingerprint density at radius 2 is 1.77 bits per heavy atom. The Morgan fingerprint density at radius 3 is 2.42 bits per heavy atom. The van der Waals surface area contributed by atoms with Gasteiger partial charge in [0.15, 0.2) is 0 Å². The van der Waals surface area contributed by atoms with E-state index in [1.54, 1.807) is 36.4 Å². The van der Waals surface area contributed by atoms with Crippen LogP contribution in [-0.2, 0) is 6.54 Å². The van der Waals surface area contributed by atoms with E-state index in [1.807, 2.05) is 0 Å². The van der Waals surface area contributed by atoms with Crippen LogP contribution in [0.15, 0.2) is 60.8 Å². The lowest BCUT2D eigenvalue weighted by Gasteiger charge is -2.09. The normalized spacial score (nSPS) is 10.4. The van der Waals surface area contributed by atoms with E-state index in [2.05, 4.69) is 15.6 Å². The largest absolute Gasteiger partial charge is 0.366 e. The van der Waals surface area contributed by atoms with Crippen molar-refractivity contribution in [2.24, 2.45) is 0 Å². The first kappa shape index (κ1) is 18.2. The molecule has 0 bridgehead atoms. The van der Waals surface area contributed by atoms with E-state index in [4.69, 9.17) is 23.2 Å². The van der Waals surface area contributed by atoms with Crippen molar-refractivity contribution in [3.05, 3.63) is 87.8 Å². The molecule has 0 saturated carbocycles. The molecule has 0 aliphatic heterocycles. The first-order valence-electron chi connectivity index (χ1n) is 7.72. The van der Waals surface area contributed by atoms with Crippen molar-refractivity contribution in [3.8, 4) is 0 Å². The second-order valence-electron chi connectivity index (χ2n) is 5.49. The maximum absolute atomic E-state index is 13.6. The fourth-order valence-electron chi connectivity index (χ4n) is 2.29. The number of hydrogen-bond donors (Lipinski definition) is 2. The summed E-state index contributed by atoms with van der Waals surface area (Å²) in [7, 11) is 0. The Balaban J connectivity index is 1.62. The zero-order chi connectivity index (χ0) is 18.5. The van der Waals surface area contributed by atoms with E-state index in [-0.39, 0.29) is 11.7 Å². The quantitative estimate of drug-likeness (QED) is 0.614. The third-order valence-corrected chi connectivity index (χ3v) is 4.00. The van der Waals surface area contributed by atoms with E-state index in [0.717, 1.165) is 0 Å². The second kappa shape index (κ2) is 8.17. The van der Waals surface area contributed by atoms with Crippen molar-refractivity contribution in [1.29, 1.82) is 0 Å². The van der Waals surface area contributed by atoms with Gasteiger partial charge in [-0.15, -0.1) is 0 Å². The molecule has 1 amide bonds. The number of carbonyl (C=O) groups is 1. The van der Waals surface area contributed by atoms with E-state index in [1.165, 1.54) is 24.4 Å². The minimum absolute atomic E-state index is 0.274. The number of benzene rings is 2. The Labute approximate surface area is 160 Å². The van der Waals surface area contributed by atoms with Crippen molar-refractivity contribution in [1.82, 2.24) is 4.98 Å². The Kier molecular flexibility index (Phi) is 5.71. The summed E-state index contributed by atoms with van der Waals surface area (Å²) in [4.78, 5) is 16.4. The number of hydrogen-bond acceptors (Lipinski definition) is 3. The number of pyridine rings is 1. The Morgan fingerprint density at radius 1 is 1.04 bits per heavy atom. The molecule has 0 unspecified atom stereocenters. The van der Waals surface area contributed by atoms with Crippen LogP contribution in [-0.4, -0.2) is 10.9 Å². The zero-order valence-electron chi connectivity index (χ0n) is 13.5. The van der Waals surface area contributed by atoms with E-state index in [0.29, 0.717) is 39.2 Å². The lowest BCUT2D eigenvalue weighted by atomic mass is 10.2. The van der Waals surface area contributed by atoms with Crippen LogP contribution < -0.4 is 10.6 Å². The molecule has 1 heterocycles. The van der Waals surface area contributed by atoms with Gasteiger partial charge in [-0.1, -0.05) is 41.4 Å². The molecule has 0 spiro atoms. The van der Waals surface area contributed by atoms with Crippen LogP contribution in [0, 0.1) is 5.82 Å². The first-order valence-corrected chi connectivity index (χ1v) is 8.47. The predicted octanol–water partition coefficient (Wildman–Crippen LogP) is 5.39. The number of halogens is 3. The smallest absolute Gasteiger partial charge is 0.255 e. The standard InChI is InChI=1S/C19H14Cl2FN3O/c20-14-7-13(8-15(21)9-14)19(26)25-16-5-6-18(24-11-16)23-10-12-3-1-2-4-17(12)22/h1-9,11H,10H2,(H,23,24)(H,25,26). The SMILES string of the molecule is O=C(Nc1ccc(NCc2ccccc2F)nc1)c1cc(Cl)cc(Cl)c1. The van der Waals surface area contributed by atoms with Crippen molar-refractivity contribution in [2.45, 2.75) is 6.54 Å². The van der Waals surface area contributed by atoms with Gasteiger partial charge in [-0.05, 0) is 36.4 Å². The molecule has 132 valence electrons. The lowest BCUT2D eigenvalue weighted by Crippen LogP contribution is -2.12. The number of rotatable bonds is 5. The van der Waals surface area contributed by atoms with Crippen LogP contribution in [0.5, 0.6) is 0 Å². The lowest BCUT2D eigenvalue weighted by molar-refractivity contribution is 0.102. The summed E-state index contributed by atoms with van der Waals surface area (Å²) in [5.41, 5.74) is 1.41. The fraction of sp³-hybridized carbons (Fsp3) is 0.0526. The van der Waals surface area contributed by atoms with Gasteiger partial charge in [-0.25, -0.2) is 9.37 Å². The van der Waals surface area contributed by atoms with Gasteiger partial charge < -0.3 is 10.6 Å². The van der Waals surface area contributed by atoms with Crippen LogP contribution in [0.1, 0.15) is 15.9 Å². The summed E-state index contributed by atoms with van der Waals surface area (Å²) >= 11 is 11.8. The Hall–Kier alpha value is -2.63. The van der Waals surface area contributed by atoms with E-state index >= 15 is 0 Å². The van der Waals surface area contributed by atoms with Gasteiger partial charge in [0, 0.05) is 27.7 Å². The molecule has 1 aromatic heterocycles. The molecule has 0 atom stereocenters. The maximum atomic E-state index is 13.6. The topological polar surface area (TPSA) is 54.0 Å². The summed E-state index contributed by atoms with van der Waals surface area (Å²) in [5.74, 6) is -0.0515. The highest BCUT2D eigenvalue weighted by Gasteiger charge is 2.09. The summed E-state index contributed by atoms with van der Waals surface area (Å²) < 4.78 is 13.6. The molecule has 4 nitrogen and oxygen atoms in total. The molecule has 0 aliphatic carbocycles. The van der Waals surface area contributed by atoms with Gasteiger partial charge in [0.1, 0.15) is 11.6 Å². The van der Waals surface area contributed by atoms with E-state index < -0.39 is 0 Å². The molecule has 0 radical (unpaired) electrons. The minimum atomic E-state index is -0.344. The summed E-state index contributed by atoms with van der Waals surface area (Å²) in [6.07, 6.45) is 1.51. The van der Waals surface area contributed by atoms with Crippen molar-refractivity contribution in [2.75, 3.05) is 10.6 Å². The highest BCUT2D eigenvalue weighted by atomic mass is 35.5. The number of aromatic nitrogens is 1. The summed E-state index contributed by atoms with van der Waals surface area (Å²) in [6, 6.07) is 14.5. The van der Waals surface area contributed by atoms with Crippen LogP contribution in [0.4, 0.5) is 15.9 Å². The number of anilines is 2. The second-order valence-corrected chi connectivity index (χ2v) is 6.36. The number of nitrogens with zero attached hydrogens (tertiary/aromatic N) is 1. The van der Waals surface area contributed by atoms with Gasteiger partial charge in [0.2, 0.25) is 0 Å². The maximum Gasteiger partial charge on any atom is 0.255 e. The molecule has 0 saturated heterocycles. The monoisotopic (exact) mass is 389 g/mol. The molecular weight excluding hydrogens is 376 g/mol. The molecule has 3 aromatic rings. The zero-order valence-corrected chi connectivity index (χ0v) is 15.0. The highest BCUT2D eigenvalue weighted by molar-refractivity contribution is 6.35. The predicted molar refractivity (Wildman–Crippen MR) is 102 cm³/mol. The third kappa shape index (κ3) is 4.71. The molecular formula is C19H14Cl2FN3O. The average Bonchev–Trinajstić information content (AvgIpc) is 2.61. The van der Waals surface area contributed by atoms with Crippen LogP contribution in [0.2, 0.25) is 10.0 Å². The molecule has 26 heavy (non-hydrogen) atoms. The van der Waals surface area contributed by atoms with Crippen LogP contribution in [0.25, 0.3) is 0 Å². The van der Waals surface area contributed by atoms with Gasteiger partial charge >= 0.3 is 0 Å². The van der Waals surface area contributed by atoms with Crippen molar-refractivity contribution in [3.63, 3.8) is 0 Å². The Bertz CT molecular complexity index is 912. The van der Waals surface area contributed by atoms with Crippen molar-refractivity contribution < 1.29 is 9.18 Å². The van der Waals surface area contributed by atoms with Gasteiger partial charge in [0.05, 0.1) is 11.9 Å². The first-order chi connectivity index (χ1) is 12.5. The number of carbonyl (C=O) groups excluding carboxylic acids is 1. The van der Waals surface area contributed by atoms with Gasteiger partial charge in [-0.3, -0.25) is 4.79 Å². The van der Waals surface area contributed by atoms with Gasteiger partial charge in [-0.2, -0.15) is 0 Å². The molecule has 7 heteroatoms. The number of amides is 1. The highest BCUT2D eigenvalue weighted by Crippen LogP contribution is 2.20. The summed E-state index contributed by atoms with van der Waals surface area (Å²) in [6.45, 7) is 0.312. The molecule has 0 fully saturated rings. The summed E-state index contributed by atoms with van der Waals surface area (Å²) in [5, 5.41) is 6.51. The fourth-order valence-corrected chi connectivity index (χ4v) is 2.81. The molecule has 3 rings (SSSR count). The molecule has 2 aromatic carbocycles.